The largest absolute Gasteiger partial charge is 0.453 e. The van der Waals surface area contributed by atoms with E-state index in [9.17, 15) is 33.2 Å². The molecule has 0 aromatic heterocycles. The third kappa shape index (κ3) is 10.7. The molecular weight excluding hydrogens is 854 g/mol. The standard InChI is InChI=1S/C48H62FN7O10/c1-27(2)37(52-47(61)65-7)45(59)54-25-9-11-35(54)43(57)50-32-19-13-29(14-20-32)39-41(63-5)42(64-6)40(56(39)34-23-17-31(49)18-24-34)30-15-21-33(22-16-30)51-44(58)36-12-10-26-55(36)46(60)38(28(3)4)53-48(62)66-8/h13-24,27-28,35-42H,9-12,25-26H2,1-8H3,(H,50,57)(H,51,58)(H,52,61)(H,53,62)/t35-,36-,37-,38-,39-,40-,41+,42+/m0/s1. The van der Waals surface area contributed by atoms with Crippen LogP contribution < -0.4 is 26.2 Å². The summed E-state index contributed by atoms with van der Waals surface area (Å²) in [6, 6.07) is 16.7. The highest BCUT2D eigenvalue weighted by Gasteiger charge is 2.51. The summed E-state index contributed by atoms with van der Waals surface area (Å²) in [4.78, 5) is 83.8. The van der Waals surface area contributed by atoms with Gasteiger partial charge in [0.1, 0.15) is 42.2 Å². The Morgan fingerprint density at radius 1 is 0.576 bits per heavy atom. The molecule has 3 aromatic rings. The van der Waals surface area contributed by atoms with Crippen LogP contribution in [-0.2, 0) is 38.1 Å². The maximum absolute atomic E-state index is 14.4. The molecule has 4 N–H and O–H groups in total. The molecule has 18 heteroatoms. The molecule has 356 valence electrons. The van der Waals surface area contributed by atoms with Gasteiger partial charge in [-0.2, -0.15) is 0 Å². The third-order valence-corrected chi connectivity index (χ3v) is 12.7. The Morgan fingerprint density at radius 2 is 0.955 bits per heavy atom. The van der Waals surface area contributed by atoms with Gasteiger partial charge >= 0.3 is 12.2 Å². The van der Waals surface area contributed by atoms with Gasteiger partial charge in [-0.25, -0.2) is 14.0 Å². The molecule has 0 unspecified atom stereocenters. The van der Waals surface area contributed by atoms with Gasteiger partial charge in [0.15, 0.2) is 0 Å². The van der Waals surface area contributed by atoms with Crippen LogP contribution in [0.4, 0.5) is 31.0 Å². The average molecular weight is 916 g/mol. The Bertz CT molecular complexity index is 2060. The first-order valence-electron chi connectivity index (χ1n) is 22.3. The van der Waals surface area contributed by atoms with Crippen LogP contribution in [0.1, 0.15) is 76.6 Å². The summed E-state index contributed by atoms with van der Waals surface area (Å²) < 4.78 is 36.3. The van der Waals surface area contributed by atoms with Gasteiger partial charge < -0.3 is 54.9 Å². The fraction of sp³-hybridized carbons (Fsp3) is 0.500. The number of benzene rings is 3. The Balaban J connectivity index is 1.22. The number of rotatable bonds is 15. The lowest BCUT2D eigenvalue weighted by atomic mass is 9.98. The second-order valence-electron chi connectivity index (χ2n) is 17.5. The summed E-state index contributed by atoms with van der Waals surface area (Å²) in [5.41, 5.74) is 3.36. The van der Waals surface area contributed by atoms with Gasteiger partial charge in [0.05, 0.1) is 26.3 Å². The highest BCUT2D eigenvalue weighted by molar-refractivity contribution is 5.99. The zero-order valence-corrected chi connectivity index (χ0v) is 38.7. The Hall–Kier alpha value is -6.27. The van der Waals surface area contributed by atoms with E-state index in [2.05, 4.69) is 26.2 Å². The molecule has 3 aromatic carbocycles. The molecule has 6 amide bonds. The van der Waals surface area contributed by atoms with E-state index in [0.29, 0.717) is 55.8 Å². The normalized spacial score (nSPS) is 22.5. The van der Waals surface area contributed by atoms with Crippen LogP contribution in [0, 0.1) is 17.7 Å². The van der Waals surface area contributed by atoms with Gasteiger partial charge in [-0.1, -0.05) is 52.0 Å². The SMILES string of the molecule is COC(=O)N[C@H](C(=O)N1CCC[C@H]1C(=O)Nc1ccc([C@H]2[C@@H](OC)[C@H](OC)[C@H](c3ccc(NC(=O)[C@@H]4CCCN4C(=O)[C@@H](NC(=O)OC)C(C)C)cc3)N2c2ccc(F)cc2)cc1)C(C)C. The number of nitrogens with one attached hydrogen (secondary N) is 4. The van der Waals surface area contributed by atoms with Gasteiger partial charge in [0.2, 0.25) is 23.6 Å². The second-order valence-corrected chi connectivity index (χ2v) is 17.5. The maximum Gasteiger partial charge on any atom is 0.407 e. The number of methoxy groups -OCH3 is 4. The molecule has 3 aliphatic rings. The first-order chi connectivity index (χ1) is 31.6. The molecule has 66 heavy (non-hydrogen) atoms. The predicted octanol–water partition coefficient (Wildman–Crippen LogP) is 5.78. The van der Waals surface area contributed by atoms with Crippen LogP contribution in [0.3, 0.4) is 0 Å². The van der Waals surface area contributed by atoms with Crippen molar-refractivity contribution in [2.75, 3.05) is 57.1 Å². The lowest BCUT2D eigenvalue weighted by molar-refractivity contribution is -0.139. The molecule has 3 heterocycles. The van der Waals surface area contributed by atoms with Gasteiger partial charge in [-0.05, 0) is 97.2 Å². The van der Waals surface area contributed by atoms with Crippen molar-refractivity contribution in [3.8, 4) is 0 Å². The quantitative estimate of drug-likeness (QED) is 0.144. The number of alkyl carbamates (subject to hydrolysis) is 2. The number of carbonyl (C=O) groups is 6. The van der Waals surface area contributed by atoms with Crippen LogP contribution in [0.2, 0.25) is 0 Å². The highest BCUT2D eigenvalue weighted by Crippen LogP contribution is 2.49. The van der Waals surface area contributed by atoms with E-state index in [4.69, 9.17) is 18.9 Å². The van der Waals surface area contributed by atoms with E-state index in [1.807, 2.05) is 52.0 Å². The minimum atomic E-state index is -0.859. The Kier molecular flexibility index (Phi) is 16.2. The number of hydrogen-bond donors (Lipinski definition) is 4. The van der Waals surface area contributed by atoms with Crippen LogP contribution in [0.5, 0.6) is 0 Å². The number of ether oxygens (including phenoxy) is 4. The van der Waals surface area contributed by atoms with E-state index in [-0.39, 0.29) is 35.5 Å². The number of nitrogens with zero attached hydrogens (tertiary/aromatic N) is 3. The van der Waals surface area contributed by atoms with Crippen LogP contribution in [0.15, 0.2) is 72.8 Å². The second kappa shape index (κ2) is 21.8. The summed E-state index contributed by atoms with van der Waals surface area (Å²) >= 11 is 0. The molecular formula is C48H62FN7O10. The number of amides is 6. The van der Waals surface area contributed by atoms with Crippen molar-refractivity contribution in [3.05, 3.63) is 89.7 Å². The Morgan fingerprint density at radius 3 is 1.29 bits per heavy atom. The van der Waals surface area contributed by atoms with E-state index in [1.54, 1.807) is 50.6 Å². The van der Waals surface area contributed by atoms with Gasteiger partial charge in [-0.15, -0.1) is 0 Å². The molecule has 0 spiro atoms. The van der Waals surface area contributed by atoms with Crippen molar-refractivity contribution in [2.45, 2.75) is 102 Å². The van der Waals surface area contributed by atoms with Gasteiger partial charge in [-0.3, -0.25) is 19.2 Å². The van der Waals surface area contributed by atoms with E-state index < -0.39 is 66.5 Å². The molecule has 8 atom stereocenters. The summed E-state index contributed by atoms with van der Waals surface area (Å²) in [6.07, 6.45) is -0.337. The summed E-state index contributed by atoms with van der Waals surface area (Å²) in [6.45, 7) is 7.99. The summed E-state index contributed by atoms with van der Waals surface area (Å²) in [7, 11) is 5.66. The van der Waals surface area contributed by atoms with Crippen molar-refractivity contribution in [2.24, 2.45) is 11.8 Å². The highest BCUT2D eigenvalue weighted by atomic mass is 19.1. The number of halogens is 1. The number of likely N-dealkylation sites (tertiary alicyclic amines) is 2. The predicted molar refractivity (Wildman–Crippen MR) is 244 cm³/mol. The number of anilines is 3. The Labute approximate surface area is 385 Å². The van der Waals surface area contributed by atoms with Crippen LogP contribution in [0.25, 0.3) is 0 Å². The van der Waals surface area contributed by atoms with Crippen molar-refractivity contribution in [1.29, 1.82) is 0 Å². The first-order valence-corrected chi connectivity index (χ1v) is 22.3. The van der Waals surface area contributed by atoms with Crippen molar-refractivity contribution >= 4 is 52.9 Å². The van der Waals surface area contributed by atoms with E-state index >= 15 is 0 Å². The minimum Gasteiger partial charge on any atom is -0.453 e. The first kappa shape index (κ1) is 49.2. The van der Waals surface area contributed by atoms with Crippen LogP contribution >= 0.6 is 0 Å². The monoisotopic (exact) mass is 915 g/mol. The van der Waals surface area contributed by atoms with Gasteiger partial charge in [0, 0.05) is 44.4 Å². The summed E-state index contributed by atoms with van der Waals surface area (Å²) in [5, 5.41) is 11.2. The van der Waals surface area contributed by atoms with E-state index in [1.165, 1.54) is 36.2 Å². The molecule has 3 fully saturated rings. The fourth-order valence-corrected chi connectivity index (χ4v) is 9.35. The third-order valence-electron chi connectivity index (χ3n) is 12.7. The zero-order valence-electron chi connectivity index (χ0n) is 38.7. The van der Waals surface area contributed by atoms with Crippen molar-refractivity contribution in [1.82, 2.24) is 20.4 Å². The molecule has 0 bridgehead atoms. The fourth-order valence-electron chi connectivity index (χ4n) is 9.35. The topological polar surface area (TPSA) is 197 Å². The molecule has 3 aliphatic heterocycles. The molecule has 0 radical (unpaired) electrons. The zero-order chi connectivity index (χ0) is 47.8. The molecule has 6 rings (SSSR count). The van der Waals surface area contributed by atoms with Crippen molar-refractivity contribution < 1.29 is 52.1 Å². The average Bonchev–Trinajstić information content (AvgIpc) is 4.08. The molecule has 0 aliphatic carbocycles. The smallest absolute Gasteiger partial charge is 0.407 e. The van der Waals surface area contributed by atoms with Crippen molar-refractivity contribution in [3.63, 3.8) is 0 Å². The maximum atomic E-state index is 14.4. The van der Waals surface area contributed by atoms with Gasteiger partial charge in [0.25, 0.3) is 0 Å². The number of carbonyl (C=O) groups excluding carboxylic acids is 6. The molecule has 17 nitrogen and oxygen atoms in total. The lowest BCUT2D eigenvalue weighted by Gasteiger charge is -2.34. The van der Waals surface area contributed by atoms with E-state index in [0.717, 1.165) is 11.1 Å². The molecule has 0 saturated carbocycles. The minimum absolute atomic E-state index is 0.240. The number of hydrogen-bond acceptors (Lipinski definition) is 11. The lowest BCUT2D eigenvalue weighted by Crippen LogP contribution is -2.54. The van der Waals surface area contributed by atoms with Crippen LogP contribution in [-0.4, -0.2) is 124 Å². The summed E-state index contributed by atoms with van der Waals surface area (Å²) in [5.74, 6) is -2.28. The molecule has 3 saturated heterocycles.